The average molecular weight is 398 g/mol. The van der Waals surface area contributed by atoms with Crippen LogP contribution in [0.1, 0.15) is 59.9 Å². The third-order valence-electron chi connectivity index (χ3n) is 4.71. The van der Waals surface area contributed by atoms with Gasteiger partial charge in [0.2, 0.25) is 5.91 Å². The third-order valence-corrected chi connectivity index (χ3v) is 7.17. The van der Waals surface area contributed by atoms with Crippen LogP contribution in [0, 0.1) is 0 Å². The Morgan fingerprint density at radius 2 is 2.07 bits per heavy atom. The molecule has 140 valence electrons. The van der Waals surface area contributed by atoms with Gasteiger partial charge in [-0.15, -0.1) is 22.7 Å². The van der Waals surface area contributed by atoms with Crippen LogP contribution in [0.3, 0.4) is 0 Å². The molecule has 1 atom stereocenters. The van der Waals surface area contributed by atoms with Gasteiger partial charge in [0.25, 0.3) is 0 Å². The normalized spacial score (nSPS) is 16.3. The molecule has 0 saturated heterocycles. The summed E-state index contributed by atoms with van der Waals surface area (Å²) >= 11 is 3.35. The zero-order valence-electron chi connectivity index (χ0n) is 15.6. The summed E-state index contributed by atoms with van der Waals surface area (Å²) in [4.78, 5) is 23.2. The number of benzene rings is 1. The van der Waals surface area contributed by atoms with Crippen molar-refractivity contribution in [1.82, 2.24) is 15.3 Å². The van der Waals surface area contributed by atoms with Gasteiger partial charge in [0, 0.05) is 16.9 Å². The van der Waals surface area contributed by atoms with Crippen molar-refractivity contribution in [3.63, 3.8) is 0 Å². The SMILES string of the molecule is CC(C)c1nc(CC(=O)N[C@@H]2CCCc3nc(-c4ccccc4)sc32)cs1. The van der Waals surface area contributed by atoms with Crippen molar-refractivity contribution >= 4 is 28.6 Å². The van der Waals surface area contributed by atoms with Gasteiger partial charge in [-0.25, -0.2) is 9.97 Å². The molecule has 6 heteroatoms. The highest BCUT2D eigenvalue weighted by atomic mass is 32.1. The molecule has 0 fully saturated rings. The molecule has 0 spiro atoms. The van der Waals surface area contributed by atoms with E-state index in [0.29, 0.717) is 12.3 Å². The molecule has 27 heavy (non-hydrogen) atoms. The smallest absolute Gasteiger partial charge is 0.226 e. The van der Waals surface area contributed by atoms with Crippen LogP contribution in [-0.4, -0.2) is 15.9 Å². The van der Waals surface area contributed by atoms with E-state index in [-0.39, 0.29) is 11.9 Å². The summed E-state index contributed by atoms with van der Waals surface area (Å²) in [6.07, 6.45) is 3.38. The van der Waals surface area contributed by atoms with E-state index in [9.17, 15) is 4.79 Å². The van der Waals surface area contributed by atoms with Crippen molar-refractivity contribution in [1.29, 1.82) is 0 Å². The molecule has 0 aliphatic heterocycles. The molecule has 0 radical (unpaired) electrons. The predicted octanol–water partition coefficient (Wildman–Crippen LogP) is 5.13. The number of nitrogens with one attached hydrogen (secondary N) is 1. The third kappa shape index (κ3) is 4.12. The fraction of sp³-hybridized carbons (Fsp3) is 0.381. The van der Waals surface area contributed by atoms with Gasteiger partial charge < -0.3 is 5.32 Å². The first-order chi connectivity index (χ1) is 13.1. The molecule has 4 rings (SSSR count). The van der Waals surface area contributed by atoms with E-state index >= 15 is 0 Å². The Balaban J connectivity index is 1.47. The van der Waals surface area contributed by atoms with Gasteiger partial charge >= 0.3 is 0 Å². The van der Waals surface area contributed by atoms with Gasteiger partial charge in [-0.3, -0.25) is 4.79 Å². The molecule has 1 aliphatic carbocycles. The van der Waals surface area contributed by atoms with E-state index < -0.39 is 0 Å². The number of thiazole rings is 2. The Morgan fingerprint density at radius 3 is 2.81 bits per heavy atom. The molecule has 2 aromatic heterocycles. The first kappa shape index (κ1) is 18.3. The van der Waals surface area contributed by atoms with Gasteiger partial charge in [-0.2, -0.15) is 0 Å². The summed E-state index contributed by atoms with van der Waals surface area (Å²) in [5, 5.41) is 7.36. The minimum Gasteiger partial charge on any atom is -0.348 e. The van der Waals surface area contributed by atoms with Crippen molar-refractivity contribution in [2.75, 3.05) is 0 Å². The summed E-state index contributed by atoms with van der Waals surface area (Å²) < 4.78 is 0. The molecule has 0 saturated carbocycles. The summed E-state index contributed by atoms with van der Waals surface area (Å²) in [7, 11) is 0. The van der Waals surface area contributed by atoms with E-state index in [4.69, 9.17) is 4.98 Å². The van der Waals surface area contributed by atoms with Crippen LogP contribution in [0.2, 0.25) is 0 Å². The zero-order valence-corrected chi connectivity index (χ0v) is 17.2. The fourth-order valence-corrected chi connectivity index (χ4v) is 5.38. The number of fused-ring (bicyclic) bond motifs is 1. The molecule has 0 bridgehead atoms. The summed E-state index contributed by atoms with van der Waals surface area (Å²) in [5.41, 5.74) is 3.16. The second-order valence-electron chi connectivity index (χ2n) is 7.22. The summed E-state index contributed by atoms with van der Waals surface area (Å²) in [6.45, 7) is 4.25. The van der Waals surface area contributed by atoms with E-state index in [2.05, 4.69) is 36.3 Å². The Morgan fingerprint density at radius 1 is 1.26 bits per heavy atom. The van der Waals surface area contributed by atoms with Crippen molar-refractivity contribution in [3.8, 4) is 10.6 Å². The number of carbonyl (C=O) groups excluding carboxylic acids is 1. The first-order valence-corrected chi connectivity index (χ1v) is 11.1. The van der Waals surface area contributed by atoms with E-state index in [0.717, 1.165) is 46.2 Å². The maximum atomic E-state index is 12.6. The first-order valence-electron chi connectivity index (χ1n) is 9.39. The highest BCUT2D eigenvalue weighted by Gasteiger charge is 2.26. The highest BCUT2D eigenvalue weighted by molar-refractivity contribution is 7.15. The van der Waals surface area contributed by atoms with Crippen LogP contribution in [0.15, 0.2) is 35.7 Å². The van der Waals surface area contributed by atoms with Crippen LogP contribution in [0.4, 0.5) is 0 Å². The minimum atomic E-state index is 0.0446. The number of rotatable bonds is 5. The monoisotopic (exact) mass is 397 g/mol. The highest BCUT2D eigenvalue weighted by Crippen LogP contribution is 2.37. The second kappa shape index (κ2) is 7.90. The molecule has 2 heterocycles. The molecule has 3 aromatic rings. The quantitative estimate of drug-likeness (QED) is 0.649. The van der Waals surface area contributed by atoms with E-state index in [1.807, 2.05) is 23.6 Å². The molecule has 0 unspecified atom stereocenters. The summed E-state index contributed by atoms with van der Waals surface area (Å²) in [6, 6.07) is 10.3. The predicted molar refractivity (Wildman–Crippen MR) is 111 cm³/mol. The lowest BCUT2D eigenvalue weighted by molar-refractivity contribution is -0.121. The molecule has 1 aliphatic rings. The number of aromatic nitrogens is 2. The Hall–Kier alpha value is -2.05. The molecular weight excluding hydrogens is 374 g/mol. The lowest BCUT2D eigenvalue weighted by Gasteiger charge is -2.22. The molecule has 1 amide bonds. The lowest BCUT2D eigenvalue weighted by atomic mass is 9.98. The van der Waals surface area contributed by atoms with Crippen molar-refractivity contribution in [2.45, 2.75) is 51.5 Å². The maximum absolute atomic E-state index is 12.6. The lowest BCUT2D eigenvalue weighted by Crippen LogP contribution is -2.31. The molecule has 1 aromatic carbocycles. The number of aryl methyl sites for hydroxylation is 1. The Labute approximate surface area is 167 Å². The fourth-order valence-electron chi connectivity index (χ4n) is 3.34. The zero-order chi connectivity index (χ0) is 18.8. The van der Waals surface area contributed by atoms with Crippen molar-refractivity contribution in [2.24, 2.45) is 0 Å². The number of hydrogen-bond donors (Lipinski definition) is 1. The topological polar surface area (TPSA) is 54.9 Å². The number of hydrogen-bond acceptors (Lipinski definition) is 5. The van der Waals surface area contributed by atoms with Gasteiger partial charge in [0.1, 0.15) is 5.01 Å². The molecule has 4 nitrogen and oxygen atoms in total. The van der Waals surface area contributed by atoms with Crippen LogP contribution < -0.4 is 5.32 Å². The van der Waals surface area contributed by atoms with Crippen LogP contribution in [-0.2, 0) is 17.6 Å². The van der Waals surface area contributed by atoms with Gasteiger partial charge in [0.05, 0.1) is 33.7 Å². The van der Waals surface area contributed by atoms with Crippen LogP contribution in [0.5, 0.6) is 0 Å². The molecular formula is C21H23N3OS2. The number of nitrogens with zero attached hydrogens (tertiary/aromatic N) is 2. The van der Waals surface area contributed by atoms with Crippen molar-refractivity contribution in [3.05, 3.63) is 57.0 Å². The molecule has 1 N–H and O–H groups in total. The number of amides is 1. The van der Waals surface area contributed by atoms with Crippen molar-refractivity contribution < 1.29 is 4.79 Å². The van der Waals surface area contributed by atoms with E-state index in [1.54, 1.807) is 22.7 Å². The maximum Gasteiger partial charge on any atom is 0.226 e. The van der Waals surface area contributed by atoms with Gasteiger partial charge in [0.15, 0.2) is 0 Å². The second-order valence-corrected chi connectivity index (χ2v) is 9.14. The Bertz CT molecular complexity index is 930. The standard InChI is InChI=1S/C21H23N3OS2/c1-13(2)20-22-15(12-26-20)11-18(25)23-16-9-6-10-17-19(16)27-21(24-17)14-7-4-3-5-8-14/h3-5,7-8,12-13,16H,6,9-11H2,1-2H3,(H,23,25)/t16-/m1/s1. The Kier molecular flexibility index (Phi) is 5.36. The van der Waals surface area contributed by atoms with Crippen LogP contribution in [0.25, 0.3) is 10.6 Å². The minimum absolute atomic E-state index is 0.0446. The van der Waals surface area contributed by atoms with Gasteiger partial charge in [-0.05, 0) is 19.3 Å². The van der Waals surface area contributed by atoms with Gasteiger partial charge in [-0.1, -0.05) is 44.2 Å². The van der Waals surface area contributed by atoms with E-state index in [1.165, 1.54) is 4.88 Å². The number of carbonyl (C=O) groups is 1. The average Bonchev–Trinajstić information content (AvgIpc) is 3.30. The largest absolute Gasteiger partial charge is 0.348 e. The summed E-state index contributed by atoms with van der Waals surface area (Å²) in [5.74, 6) is 0.449. The van der Waals surface area contributed by atoms with Crippen LogP contribution >= 0.6 is 22.7 Å².